The molecule has 0 spiro atoms. The number of rotatable bonds is 67. The van der Waals surface area contributed by atoms with E-state index in [1.807, 2.05) is 0 Å². The number of hydrogen-bond donors (Lipinski definition) is 3. The SMILES string of the molecule is CCCCCCCCCCCCCCCCCCC(=O)O[C@H](COC(=O)CCCCCCCCCCC(C)C)COP(=O)(O)OC[C@@H](O)COP(=O)(O)OC[C@@H](COC(=O)CCCCCCCCCC(C)C)OC(=O)CCCCCCCCCCC(C)C. The molecule has 5 atom stereocenters. The molecular weight excluding hydrogens is 1160 g/mol. The van der Waals surface area contributed by atoms with Gasteiger partial charge < -0.3 is 33.8 Å². The molecule has 0 aromatic carbocycles. The Balaban J connectivity index is 5.24. The van der Waals surface area contributed by atoms with E-state index < -0.39 is 97.5 Å². The van der Waals surface area contributed by atoms with E-state index >= 15 is 0 Å². The molecule has 0 bridgehead atoms. The summed E-state index contributed by atoms with van der Waals surface area (Å²) in [4.78, 5) is 72.4. The van der Waals surface area contributed by atoms with Crippen LogP contribution in [0.15, 0.2) is 0 Å². The zero-order chi connectivity index (χ0) is 65.2. The van der Waals surface area contributed by atoms with Crippen molar-refractivity contribution in [1.29, 1.82) is 0 Å². The van der Waals surface area contributed by atoms with Crippen LogP contribution in [0.5, 0.6) is 0 Å². The molecule has 3 N–H and O–H groups in total. The van der Waals surface area contributed by atoms with Crippen molar-refractivity contribution in [2.45, 2.75) is 362 Å². The van der Waals surface area contributed by atoms with Gasteiger partial charge in [0.25, 0.3) is 0 Å². The average molecular weight is 1300 g/mol. The topological polar surface area (TPSA) is 237 Å². The largest absolute Gasteiger partial charge is 0.472 e. The van der Waals surface area contributed by atoms with E-state index in [4.69, 9.17) is 37.0 Å². The minimum atomic E-state index is -4.95. The lowest BCUT2D eigenvalue weighted by Crippen LogP contribution is -2.30. The summed E-state index contributed by atoms with van der Waals surface area (Å²) in [5, 5.41) is 10.6. The van der Waals surface area contributed by atoms with Crippen molar-refractivity contribution in [3.8, 4) is 0 Å². The molecule has 0 saturated carbocycles. The molecule has 0 fully saturated rings. The van der Waals surface area contributed by atoms with Crippen LogP contribution in [0, 0.1) is 17.8 Å². The minimum absolute atomic E-state index is 0.103. The van der Waals surface area contributed by atoms with Gasteiger partial charge in [-0.2, -0.15) is 0 Å². The van der Waals surface area contributed by atoms with Crippen molar-refractivity contribution in [2.24, 2.45) is 17.8 Å². The highest BCUT2D eigenvalue weighted by Gasteiger charge is 2.30. The van der Waals surface area contributed by atoms with Crippen LogP contribution < -0.4 is 0 Å². The number of aliphatic hydroxyl groups is 1. The Kier molecular flexibility index (Phi) is 58.7. The van der Waals surface area contributed by atoms with Gasteiger partial charge in [-0.15, -0.1) is 0 Å². The van der Waals surface area contributed by atoms with Gasteiger partial charge in [0.2, 0.25) is 0 Å². The smallest absolute Gasteiger partial charge is 0.462 e. The fourth-order valence-electron chi connectivity index (χ4n) is 10.4. The van der Waals surface area contributed by atoms with Crippen LogP contribution in [0.3, 0.4) is 0 Å². The minimum Gasteiger partial charge on any atom is -0.462 e. The summed E-state index contributed by atoms with van der Waals surface area (Å²) in [5.41, 5.74) is 0. The van der Waals surface area contributed by atoms with E-state index in [1.165, 1.54) is 148 Å². The fourth-order valence-corrected chi connectivity index (χ4v) is 11.9. The number of hydrogen-bond acceptors (Lipinski definition) is 15. The highest BCUT2D eigenvalue weighted by atomic mass is 31.2. The molecule has 0 rings (SSSR count). The van der Waals surface area contributed by atoms with Crippen LogP contribution in [0.4, 0.5) is 0 Å². The molecule has 0 aromatic rings. The highest BCUT2D eigenvalue weighted by Crippen LogP contribution is 2.45. The van der Waals surface area contributed by atoms with Gasteiger partial charge in [-0.05, 0) is 43.4 Å². The molecule has 88 heavy (non-hydrogen) atoms. The maximum absolute atomic E-state index is 13.0. The lowest BCUT2D eigenvalue weighted by Gasteiger charge is -2.21. The third-order valence-electron chi connectivity index (χ3n) is 15.9. The summed E-state index contributed by atoms with van der Waals surface area (Å²) in [6.07, 6.45) is 43.2. The molecule has 17 nitrogen and oxygen atoms in total. The monoisotopic (exact) mass is 1300 g/mol. The maximum Gasteiger partial charge on any atom is 0.472 e. The van der Waals surface area contributed by atoms with Crippen LogP contribution in [-0.2, 0) is 65.4 Å². The second kappa shape index (κ2) is 60.0. The van der Waals surface area contributed by atoms with Gasteiger partial charge in [0.05, 0.1) is 26.4 Å². The van der Waals surface area contributed by atoms with Crippen molar-refractivity contribution in [3.63, 3.8) is 0 Å². The van der Waals surface area contributed by atoms with E-state index in [2.05, 4.69) is 48.5 Å². The Hall–Kier alpha value is -1.94. The number of carbonyl (C=O) groups excluding carboxylic acids is 4. The fraction of sp³-hybridized carbons (Fsp3) is 0.942. The van der Waals surface area contributed by atoms with Gasteiger partial charge in [-0.25, -0.2) is 9.13 Å². The first-order valence-corrected chi connectivity index (χ1v) is 38.8. The number of esters is 4. The molecule has 0 saturated heterocycles. The summed E-state index contributed by atoms with van der Waals surface area (Å²) in [6.45, 7) is 11.7. The summed E-state index contributed by atoms with van der Waals surface area (Å²) < 4.78 is 68.2. The Morgan fingerprint density at radius 3 is 0.773 bits per heavy atom. The second-order valence-corrected chi connectivity index (χ2v) is 29.3. The van der Waals surface area contributed by atoms with Gasteiger partial charge in [0.1, 0.15) is 19.3 Å². The quantitative estimate of drug-likeness (QED) is 0.0222. The van der Waals surface area contributed by atoms with Crippen LogP contribution in [-0.4, -0.2) is 96.7 Å². The van der Waals surface area contributed by atoms with Crippen molar-refractivity contribution >= 4 is 39.5 Å². The summed E-state index contributed by atoms with van der Waals surface area (Å²) in [6, 6.07) is 0. The van der Waals surface area contributed by atoms with Crippen LogP contribution in [0.2, 0.25) is 0 Å². The molecule has 0 aliphatic carbocycles. The molecule has 0 heterocycles. The second-order valence-electron chi connectivity index (χ2n) is 26.3. The molecule has 19 heteroatoms. The first kappa shape index (κ1) is 86.1. The van der Waals surface area contributed by atoms with Crippen LogP contribution in [0.25, 0.3) is 0 Å². The Morgan fingerprint density at radius 2 is 0.523 bits per heavy atom. The Morgan fingerprint density at radius 1 is 0.307 bits per heavy atom. The van der Waals surface area contributed by atoms with E-state index in [9.17, 15) is 43.2 Å². The van der Waals surface area contributed by atoms with Crippen molar-refractivity contribution < 1.29 is 80.2 Å². The average Bonchev–Trinajstić information content (AvgIpc) is 3.66. The van der Waals surface area contributed by atoms with Gasteiger partial charge in [-0.3, -0.25) is 37.3 Å². The zero-order valence-electron chi connectivity index (χ0n) is 57.2. The third kappa shape index (κ3) is 62.8. The summed E-state index contributed by atoms with van der Waals surface area (Å²) in [7, 11) is -9.90. The zero-order valence-corrected chi connectivity index (χ0v) is 59.0. The molecule has 2 unspecified atom stereocenters. The van der Waals surface area contributed by atoms with Crippen molar-refractivity contribution in [2.75, 3.05) is 39.6 Å². The number of phosphoric ester groups is 2. The van der Waals surface area contributed by atoms with E-state index in [1.54, 1.807) is 0 Å². The third-order valence-corrected chi connectivity index (χ3v) is 17.8. The normalized spacial score (nSPS) is 14.2. The lowest BCUT2D eigenvalue weighted by atomic mass is 10.0. The number of phosphoric acid groups is 2. The first-order chi connectivity index (χ1) is 42.2. The predicted molar refractivity (Wildman–Crippen MR) is 354 cm³/mol. The Labute approximate surface area is 537 Å². The molecule has 0 radical (unpaired) electrons. The van der Waals surface area contributed by atoms with E-state index in [0.717, 1.165) is 108 Å². The molecule has 522 valence electrons. The van der Waals surface area contributed by atoms with Gasteiger partial charge in [0.15, 0.2) is 12.2 Å². The van der Waals surface area contributed by atoms with E-state index in [-0.39, 0.29) is 25.7 Å². The number of ether oxygens (including phenoxy) is 4. The number of unbranched alkanes of at least 4 members (excludes halogenated alkanes) is 35. The lowest BCUT2D eigenvalue weighted by molar-refractivity contribution is -0.161. The predicted octanol–water partition coefficient (Wildman–Crippen LogP) is 19.5. The number of carbonyl (C=O) groups is 4. The first-order valence-electron chi connectivity index (χ1n) is 35.8. The van der Waals surface area contributed by atoms with Crippen LogP contribution >= 0.6 is 15.6 Å². The molecule has 0 aromatic heterocycles. The van der Waals surface area contributed by atoms with Crippen molar-refractivity contribution in [3.05, 3.63) is 0 Å². The standard InChI is InChI=1S/C69H134O17P2/c1-8-9-10-11-12-13-14-15-16-17-18-19-20-30-38-45-52-68(73)85-64(56-79-66(71)50-43-36-29-23-21-26-33-40-47-60(2)3)58-83-87(75,76)81-54-63(70)55-82-88(77,78)84-59-65(57-80-67(72)51-44-37-32-25-28-35-42-49-62(6)7)86-69(74)53-46-39-31-24-22-27-34-41-48-61(4)5/h60-65,70H,8-59H2,1-7H3,(H,75,76)(H,77,78)/t63-,64-,65-/m1/s1. The van der Waals surface area contributed by atoms with Crippen molar-refractivity contribution in [1.82, 2.24) is 0 Å². The Bertz CT molecular complexity index is 1730. The molecule has 0 aliphatic rings. The van der Waals surface area contributed by atoms with Crippen LogP contribution in [0.1, 0.15) is 344 Å². The number of aliphatic hydroxyl groups excluding tert-OH is 1. The summed E-state index contributed by atoms with van der Waals surface area (Å²) in [5.74, 6) is 0.0193. The molecule has 0 amide bonds. The maximum atomic E-state index is 13.0. The molecule has 0 aliphatic heterocycles. The summed E-state index contributed by atoms with van der Waals surface area (Å²) >= 11 is 0. The van der Waals surface area contributed by atoms with Gasteiger partial charge >= 0.3 is 39.5 Å². The van der Waals surface area contributed by atoms with E-state index in [0.29, 0.717) is 31.6 Å². The molecular formula is C69H134O17P2. The highest BCUT2D eigenvalue weighted by molar-refractivity contribution is 7.47. The van der Waals surface area contributed by atoms with Gasteiger partial charge in [-0.1, -0.05) is 292 Å². The van der Waals surface area contributed by atoms with Gasteiger partial charge in [0, 0.05) is 25.7 Å².